The van der Waals surface area contributed by atoms with Crippen molar-refractivity contribution in [3.63, 3.8) is 0 Å². The molecule has 0 radical (unpaired) electrons. The summed E-state index contributed by atoms with van der Waals surface area (Å²) in [4.78, 5) is 31.2. The lowest BCUT2D eigenvalue weighted by Crippen LogP contribution is -2.27. The van der Waals surface area contributed by atoms with E-state index in [-0.39, 0.29) is 23.8 Å². The number of fused-ring (bicyclic) bond motifs is 1. The first-order chi connectivity index (χ1) is 14.6. The van der Waals surface area contributed by atoms with Crippen molar-refractivity contribution in [2.75, 3.05) is 5.75 Å². The Morgan fingerprint density at radius 2 is 1.90 bits per heavy atom. The Morgan fingerprint density at radius 3 is 2.70 bits per heavy atom. The lowest BCUT2D eigenvalue weighted by Gasteiger charge is -2.14. The summed E-state index contributed by atoms with van der Waals surface area (Å²) in [5.41, 5.74) is 1.28. The van der Waals surface area contributed by atoms with Gasteiger partial charge in [-0.25, -0.2) is 4.98 Å². The van der Waals surface area contributed by atoms with Gasteiger partial charge in [0.25, 0.3) is 5.56 Å². The van der Waals surface area contributed by atoms with Crippen molar-refractivity contribution in [3.8, 4) is 0 Å². The fourth-order valence-corrected chi connectivity index (χ4v) is 4.64. The predicted molar refractivity (Wildman–Crippen MR) is 123 cm³/mol. The second-order valence-electron chi connectivity index (χ2n) is 6.54. The topological polar surface area (TPSA) is 64.0 Å². The molecule has 5 nitrogen and oxygen atoms in total. The maximum atomic E-state index is 13.2. The molecule has 0 aliphatic heterocycles. The molecule has 0 atom stereocenters. The SMILES string of the molecule is O=C(CSc1nc2ccccc2c(=O)n1Cc1ccccc1Cl)NCc1cccs1. The number of benzene rings is 2. The van der Waals surface area contributed by atoms with Crippen molar-refractivity contribution in [1.82, 2.24) is 14.9 Å². The predicted octanol–water partition coefficient (Wildman–Crippen LogP) is 4.57. The van der Waals surface area contributed by atoms with E-state index in [0.29, 0.717) is 27.6 Å². The molecule has 0 aliphatic rings. The van der Waals surface area contributed by atoms with Gasteiger partial charge in [0.2, 0.25) is 5.91 Å². The Balaban J connectivity index is 1.59. The lowest BCUT2D eigenvalue weighted by atomic mass is 10.2. The number of hydrogen-bond acceptors (Lipinski definition) is 5. The maximum absolute atomic E-state index is 13.2. The number of hydrogen-bond donors (Lipinski definition) is 1. The molecule has 0 fully saturated rings. The van der Waals surface area contributed by atoms with Crippen molar-refractivity contribution in [3.05, 3.63) is 91.9 Å². The van der Waals surface area contributed by atoms with Crippen molar-refractivity contribution >= 4 is 51.5 Å². The van der Waals surface area contributed by atoms with Gasteiger partial charge >= 0.3 is 0 Å². The Labute approximate surface area is 186 Å². The van der Waals surface area contributed by atoms with Crippen LogP contribution in [0.2, 0.25) is 5.02 Å². The van der Waals surface area contributed by atoms with Gasteiger partial charge < -0.3 is 5.32 Å². The average Bonchev–Trinajstić information content (AvgIpc) is 3.28. The molecule has 0 bridgehead atoms. The number of rotatable bonds is 7. The number of thioether (sulfide) groups is 1. The van der Waals surface area contributed by atoms with Crippen molar-refractivity contribution in [2.45, 2.75) is 18.2 Å². The first kappa shape index (κ1) is 20.7. The summed E-state index contributed by atoms with van der Waals surface area (Å²) in [6.45, 7) is 0.782. The van der Waals surface area contributed by atoms with E-state index >= 15 is 0 Å². The Hall–Kier alpha value is -2.61. The summed E-state index contributed by atoms with van der Waals surface area (Å²) in [5.74, 6) is 0.0543. The third kappa shape index (κ3) is 4.75. The number of halogens is 1. The Morgan fingerprint density at radius 1 is 1.10 bits per heavy atom. The van der Waals surface area contributed by atoms with E-state index in [2.05, 4.69) is 10.3 Å². The number of aromatic nitrogens is 2. The van der Waals surface area contributed by atoms with E-state index in [1.165, 1.54) is 11.8 Å². The highest BCUT2D eigenvalue weighted by Crippen LogP contribution is 2.21. The van der Waals surface area contributed by atoms with Crippen LogP contribution in [0.15, 0.2) is 76.0 Å². The molecule has 0 spiro atoms. The van der Waals surface area contributed by atoms with Crippen LogP contribution in [0.25, 0.3) is 10.9 Å². The summed E-state index contributed by atoms with van der Waals surface area (Å²) < 4.78 is 1.58. The van der Waals surface area contributed by atoms with Gasteiger partial charge in [0.1, 0.15) is 0 Å². The van der Waals surface area contributed by atoms with Crippen LogP contribution in [-0.4, -0.2) is 21.2 Å². The van der Waals surface area contributed by atoms with Gasteiger partial charge in [-0.15, -0.1) is 11.3 Å². The smallest absolute Gasteiger partial charge is 0.262 e. The van der Waals surface area contributed by atoms with Crippen LogP contribution < -0.4 is 10.9 Å². The molecule has 1 amide bonds. The summed E-state index contributed by atoms with van der Waals surface area (Å²) in [6.07, 6.45) is 0. The molecule has 152 valence electrons. The average molecular weight is 456 g/mol. The largest absolute Gasteiger partial charge is 0.350 e. The summed E-state index contributed by atoms with van der Waals surface area (Å²) >= 11 is 9.15. The summed E-state index contributed by atoms with van der Waals surface area (Å²) in [6, 6.07) is 18.6. The molecule has 30 heavy (non-hydrogen) atoms. The van der Waals surface area contributed by atoms with Gasteiger partial charge in [-0.05, 0) is 35.2 Å². The minimum Gasteiger partial charge on any atom is -0.350 e. The third-order valence-corrected chi connectivity index (χ3v) is 6.71. The molecule has 4 aromatic rings. The quantitative estimate of drug-likeness (QED) is 0.327. The highest BCUT2D eigenvalue weighted by molar-refractivity contribution is 7.99. The minimum absolute atomic E-state index is 0.111. The molecule has 0 saturated carbocycles. The number of carbonyl (C=O) groups excluding carboxylic acids is 1. The van der Waals surface area contributed by atoms with Crippen LogP contribution >= 0.6 is 34.7 Å². The number of amides is 1. The van der Waals surface area contributed by atoms with Crippen molar-refractivity contribution < 1.29 is 4.79 Å². The van der Waals surface area contributed by atoms with Gasteiger partial charge in [-0.3, -0.25) is 14.2 Å². The number of para-hydroxylation sites is 1. The zero-order valence-corrected chi connectivity index (χ0v) is 18.3. The molecule has 0 unspecified atom stereocenters. The first-order valence-electron chi connectivity index (χ1n) is 9.26. The van der Waals surface area contributed by atoms with E-state index in [4.69, 9.17) is 11.6 Å². The van der Waals surface area contributed by atoms with E-state index in [9.17, 15) is 9.59 Å². The number of thiophene rings is 1. The van der Waals surface area contributed by atoms with E-state index in [0.717, 1.165) is 10.4 Å². The van der Waals surface area contributed by atoms with Crippen LogP contribution in [0.1, 0.15) is 10.4 Å². The van der Waals surface area contributed by atoms with Gasteiger partial charge in [0.15, 0.2) is 5.16 Å². The standard InChI is InChI=1S/C22H18ClN3O2S2/c23-18-9-3-1-6-15(18)13-26-21(28)17-8-2-4-10-19(17)25-22(26)30-14-20(27)24-12-16-7-5-11-29-16/h1-11H,12-14H2,(H,24,27). The Kier molecular flexibility index (Phi) is 6.52. The second kappa shape index (κ2) is 9.47. The number of nitrogens with zero attached hydrogens (tertiary/aromatic N) is 2. The molecule has 0 aliphatic carbocycles. The normalized spacial score (nSPS) is 11.0. The van der Waals surface area contributed by atoms with Gasteiger partial charge in [-0.2, -0.15) is 0 Å². The number of carbonyl (C=O) groups is 1. The van der Waals surface area contributed by atoms with Gasteiger partial charge in [-0.1, -0.05) is 59.8 Å². The molecule has 2 aromatic heterocycles. The van der Waals surface area contributed by atoms with E-state index < -0.39 is 0 Å². The molecule has 2 aromatic carbocycles. The molecular weight excluding hydrogens is 438 g/mol. The fraction of sp³-hybridized carbons (Fsp3) is 0.136. The molecular formula is C22H18ClN3O2S2. The lowest BCUT2D eigenvalue weighted by molar-refractivity contribution is -0.118. The molecule has 1 N–H and O–H groups in total. The Bertz CT molecular complexity index is 1240. The maximum Gasteiger partial charge on any atom is 0.262 e. The monoisotopic (exact) mass is 455 g/mol. The van der Waals surface area contributed by atoms with Crippen molar-refractivity contribution in [2.24, 2.45) is 0 Å². The zero-order chi connectivity index (χ0) is 20.9. The van der Waals surface area contributed by atoms with Gasteiger partial charge in [0, 0.05) is 9.90 Å². The fourth-order valence-electron chi connectivity index (χ4n) is 2.97. The minimum atomic E-state index is -0.151. The molecule has 2 heterocycles. The highest BCUT2D eigenvalue weighted by atomic mass is 35.5. The van der Waals surface area contributed by atoms with Crippen LogP contribution in [-0.2, 0) is 17.9 Å². The van der Waals surface area contributed by atoms with Crippen LogP contribution in [0, 0.1) is 0 Å². The van der Waals surface area contributed by atoms with E-state index in [1.807, 2.05) is 47.8 Å². The van der Waals surface area contributed by atoms with Gasteiger partial charge in [0.05, 0.1) is 29.7 Å². The second-order valence-corrected chi connectivity index (χ2v) is 8.92. The number of nitrogens with one attached hydrogen (secondary N) is 1. The first-order valence-corrected chi connectivity index (χ1v) is 11.5. The molecule has 4 rings (SSSR count). The van der Waals surface area contributed by atoms with Crippen LogP contribution in [0.3, 0.4) is 0 Å². The van der Waals surface area contributed by atoms with Crippen LogP contribution in [0.4, 0.5) is 0 Å². The summed E-state index contributed by atoms with van der Waals surface area (Å²) in [5, 5.41) is 6.49. The highest BCUT2D eigenvalue weighted by Gasteiger charge is 2.14. The van der Waals surface area contributed by atoms with Crippen LogP contribution in [0.5, 0.6) is 0 Å². The third-order valence-electron chi connectivity index (χ3n) is 4.49. The van der Waals surface area contributed by atoms with Crippen molar-refractivity contribution in [1.29, 1.82) is 0 Å². The molecule has 8 heteroatoms. The summed E-state index contributed by atoms with van der Waals surface area (Å²) in [7, 11) is 0. The molecule has 0 saturated heterocycles. The van der Waals surface area contributed by atoms with E-state index in [1.54, 1.807) is 34.1 Å². The zero-order valence-electron chi connectivity index (χ0n) is 15.9.